The van der Waals surface area contributed by atoms with E-state index >= 15 is 0 Å². The molecule has 0 heterocycles. The van der Waals surface area contributed by atoms with Gasteiger partial charge in [0, 0.05) is 12.3 Å². The topological polar surface area (TPSA) is 54.4 Å². The molecule has 142 valence electrons. The second-order valence-electron chi connectivity index (χ2n) is 9.81. The van der Waals surface area contributed by atoms with Crippen molar-refractivity contribution in [3.05, 3.63) is 23.3 Å². The number of aliphatic hydroxyl groups excluding tert-OH is 1. The first-order valence-corrected chi connectivity index (χ1v) is 10.3. The zero-order valence-corrected chi connectivity index (χ0v) is 16.5. The summed E-state index contributed by atoms with van der Waals surface area (Å²) in [6.07, 6.45) is 9.33. The van der Waals surface area contributed by atoms with Crippen molar-refractivity contribution in [2.75, 3.05) is 0 Å². The summed E-state index contributed by atoms with van der Waals surface area (Å²) < 4.78 is 0. The van der Waals surface area contributed by atoms with Gasteiger partial charge < -0.3 is 5.11 Å². The van der Waals surface area contributed by atoms with Crippen molar-refractivity contribution in [3.8, 4) is 0 Å². The quantitative estimate of drug-likeness (QED) is 0.805. The minimum Gasteiger partial charge on any atom is -0.393 e. The Morgan fingerprint density at radius 3 is 2.62 bits per heavy atom. The molecular formula is C23H32O3. The Kier molecular flexibility index (Phi) is 4.11. The summed E-state index contributed by atoms with van der Waals surface area (Å²) >= 11 is 0. The van der Waals surface area contributed by atoms with Crippen molar-refractivity contribution in [2.45, 2.75) is 72.3 Å². The third-order valence-electron chi connectivity index (χ3n) is 8.59. The molecule has 3 heteroatoms. The van der Waals surface area contributed by atoms with Crippen LogP contribution in [0.4, 0.5) is 0 Å². The first kappa shape index (κ1) is 18.2. The Hall–Kier alpha value is -1.22. The lowest BCUT2D eigenvalue weighted by atomic mass is 9.44. The second-order valence-corrected chi connectivity index (χ2v) is 9.81. The van der Waals surface area contributed by atoms with Gasteiger partial charge in [-0.25, -0.2) is 0 Å². The third-order valence-corrected chi connectivity index (χ3v) is 8.59. The molecular weight excluding hydrogens is 324 g/mol. The lowest BCUT2D eigenvalue weighted by Gasteiger charge is -2.60. The fourth-order valence-electron chi connectivity index (χ4n) is 7.27. The highest BCUT2D eigenvalue weighted by molar-refractivity contribution is 5.95. The number of hydrogen-bond acceptors (Lipinski definition) is 3. The van der Waals surface area contributed by atoms with E-state index in [1.807, 2.05) is 13.0 Å². The van der Waals surface area contributed by atoms with Gasteiger partial charge in [-0.15, -0.1) is 0 Å². The second kappa shape index (κ2) is 5.89. The number of hydrogen-bond donors (Lipinski definition) is 1. The van der Waals surface area contributed by atoms with Crippen molar-refractivity contribution < 1.29 is 14.7 Å². The average molecular weight is 357 g/mol. The van der Waals surface area contributed by atoms with Gasteiger partial charge in [-0.05, 0) is 86.2 Å². The maximum atomic E-state index is 12.2. The van der Waals surface area contributed by atoms with Gasteiger partial charge in [0.15, 0.2) is 11.6 Å². The molecule has 7 atom stereocenters. The monoisotopic (exact) mass is 356 g/mol. The molecule has 7 unspecified atom stereocenters. The van der Waals surface area contributed by atoms with E-state index in [-0.39, 0.29) is 28.3 Å². The van der Waals surface area contributed by atoms with E-state index in [9.17, 15) is 14.7 Å². The predicted molar refractivity (Wildman–Crippen MR) is 101 cm³/mol. The fraction of sp³-hybridized carbons (Fsp3) is 0.739. The number of Topliss-reactive ketones (excluding diaryl/α,β-unsaturated/α-hetero) is 1. The predicted octanol–water partition coefficient (Wildman–Crippen LogP) is 4.25. The Balaban J connectivity index is 1.75. The molecule has 4 aliphatic carbocycles. The molecule has 0 aromatic carbocycles. The molecule has 0 spiro atoms. The van der Waals surface area contributed by atoms with Crippen LogP contribution in [0.5, 0.6) is 0 Å². The molecule has 0 aromatic rings. The highest BCUT2D eigenvalue weighted by Gasteiger charge is 2.59. The molecule has 4 aliphatic rings. The average Bonchev–Trinajstić information content (AvgIpc) is 2.92. The molecule has 0 aliphatic heterocycles. The van der Waals surface area contributed by atoms with Crippen LogP contribution in [0.15, 0.2) is 23.3 Å². The van der Waals surface area contributed by atoms with Crippen LogP contribution in [0, 0.1) is 34.5 Å². The molecule has 3 nitrogen and oxygen atoms in total. The molecule has 0 saturated heterocycles. The number of aliphatic hydroxyl groups is 1. The summed E-state index contributed by atoms with van der Waals surface area (Å²) in [5.74, 6) is 2.12. The van der Waals surface area contributed by atoms with E-state index in [0.29, 0.717) is 24.2 Å². The van der Waals surface area contributed by atoms with Gasteiger partial charge in [0.05, 0.1) is 6.10 Å². The Bertz CT molecular complexity index is 715. The lowest BCUT2D eigenvalue weighted by Crippen LogP contribution is -2.53. The number of carbonyl (C=O) groups excluding carboxylic acids is 2. The lowest BCUT2D eigenvalue weighted by molar-refractivity contribution is -0.120. The molecule has 2 saturated carbocycles. The molecule has 0 amide bonds. The molecule has 0 aromatic heterocycles. The van der Waals surface area contributed by atoms with E-state index in [2.05, 4.69) is 19.9 Å². The first-order chi connectivity index (χ1) is 12.2. The minimum absolute atomic E-state index is 0.00168. The summed E-state index contributed by atoms with van der Waals surface area (Å²) in [6.45, 7) is 8.22. The number of allylic oxidation sites excluding steroid dienone is 3. The molecule has 1 N–H and O–H groups in total. The van der Waals surface area contributed by atoms with Crippen LogP contribution in [0.1, 0.15) is 66.2 Å². The SMILES string of the molecule is CC(=O)C1=CCC2C3CC(C(C)O)C4=CC(=O)CCC4(C)C3CCC12C. The standard InChI is InChI=1S/C23H32O3/c1-13(24)16-12-17-19-6-5-18(14(2)25)22(19,3)10-8-20(17)23(4)9-7-15(26)11-21(16)23/h5,11,13,16-17,19-20,24H,6-10,12H2,1-4H3. The van der Waals surface area contributed by atoms with Crippen LogP contribution in [0.3, 0.4) is 0 Å². The van der Waals surface area contributed by atoms with Crippen molar-refractivity contribution in [2.24, 2.45) is 34.5 Å². The highest BCUT2D eigenvalue weighted by atomic mass is 16.3. The van der Waals surface area contributed by atoms with Crippen molar-refractivity contribution in [3.63, 3.8) is 0 Å². The summed E-state index contributed by atoms with van der Waals surface area (Å²) in [5.41, 5.74) is 2.28. The van der Waals surface area contributed by atoms with Crippen LogP contribution in [0.2, 0.25) is 0 Å². The van der Waals surface area contributed by atoms with E-state index in [1.165, 1.54) is 5.57 Å². The Labute approximate surface area is 156 Å². The summed E-state index contributed by atoms with van der Waals surface area (Å²) in [5, 5.41) is 10.5. The summed E-state index contributed by atoms with van der Waals surface area (Å²) in [6, 6.07) is 0. The van der Waals surface area contributed by atoms with Crippen LogP contribution in [-0.2, 0) is 9.59 Å². The maximum Gasteiger partial charge on any atom is 0.156 e. The van der Waals surface area contributed by atoms with Crippen LogP contribution in [-0.4, -0.2) is 22.8 Å². The van der Waals surface area contributed by atoms with E-state index in [0.717, 1.165) is 37.7 Å². The molecule has 26 heavy (non-hydrogen) atoms. The smallest absolute Gasteiger partial charge is 0.156 e. The third kappa shape index (κ3) is 2.35. The number of fused-ring (bicyclic) bond motifs is 5. The van der Waals surface area contributed by atoms with E-state index in [4.69, 9.17) is 0 Å². The van der Waals surface area contributed by atoms with Crippen molar-refractivity contribution in [1.82, 2.24) is 0 Å². The largest absolute Gasteiger partial charge is 0.393 e. The van der Waals surface area contributed by atoms with Gasteiger partial charge >= 0.3 is 0 Å². The van der Waals surface area contributed by atoms with Gasteiger partial charge in [0.1, 0.15) is 0 Å². The van der Waals surface area contributed by atoms with Gasteiger partial charge in [0.2, 0.25) is 0 Å². The van der Waals surface area contributed by atoms with E-state index in [1.54, 1.807) is 6.92 Å². The maximum absolute atomic E-state index is 12.2. The first-order valence-electron chi connectivity index (χ1n) is 10.3. The van der Waals surface area contributed by atoms with Crippen molar-refractivity contribution in [1.29, 1.82) is 0 Å². The van der Waals surface area contributed by atoms with Gasteiger partial charge in [-0.3, -0.25) is 9.59 Å². The Morgan fingerprint density at radius 2 is 1.96 bits per heavy atom. The minimum atomic E-state index is -0.428. The molecule has 0 bridgehead atoms. The number of carbonyl (C=O) groups is 2. The summed E-state index contributed by atoms with van der Waals surface area (Å²) in [4.78, 5) is 24.3. The zero-order valence-electron chi connectivity index (χ0n) is 16.5. The molecule has 4 rings (SSSR count). The highest BCUT2D eigenvalue weighted by Crippen LogP contribution is 2.66. The van der Waals surface area contributed by atoms with Gasteiger partial charge in [-0.2, -0.15) is 0 Å². The molecule has 0 radical (unpaired) electrons. The number of ketones is 2. The van der Waals surface area contributed by atoms with Crippen LogP contribution < -0.4 is 0 Å². The fourth-order valence-corrected chi connectivity index (χ4v) is 7.27. The zero-order chi connectivity index (χ0) is 18.9. The van der Waals surface area contributed by atoms with Crippen molar-refractivity contribution >= 4 is 11.6 Å². The molecule has 2 fully saturated rings. The Morgan fingerprint density at radius 1 is 1.23 bits per heavy atom. The normalized spacial score (nSPS) is 45.8. The summed E-state index contributed by atoms with van der Waals surface area (Å²) in [7, 11) is 0. The van der Waals surface area contributed by atoms with E-state index < -0.39 is 6.10 Å². The van der Waals surface area contributed by atoms with Crippen LogP contribution >= 0.6 is 0 Å². The number of rotatable bonds is 2. The van der Waals surface area contributed by atoms with Crippen LogP contribution in [0.25, 0.3) is 0 Å². The van der Waals surface area contributed by atoms with Gasteiger partial charge in [-0.1, -0.05) is 25.5 Å². The van der Waals surface area contributed by atoms with Gasteiger partial charge in [0.25, 0.3) is 0 Å².